The summed E-state index contributed by atoms with van der Waals surface area (Å²) in [5.74, 6) is 0.992. The van der Waals surface area contributed by atoms with E-state index in [-0.39, 0.29) is 6.04 Å². The summed E-state index contributed by atoms with van der Waals surface area (Å²) >= 11 is 1.73. The maximum atomic E-state index is 6.20. The third kappa shape index (κ3) is 1.98. The lowest BCUT2D eigenvalue weighted by atomic mass is 10.0. The van der Waals surface area contributed by atoms with Crippen LogP contribution in [0.1, 0.15) is 34.7 Å². The lowest BCUT2D eigenvalue weighted by Crippen LogP contribution is -2.11. The quantitative estimate of drug-likeness (QED) is 0.864. The molecule has 2 aromatic heterocycles. The molecule has 1 unspecified atom stereocenters. The van der Waals surface area contributed by atoms with Crippen molar-refractivity contribution in [2.45, 2.75) is 26.3 Å². The van der Waals surface area contributed by atoms with E-state index in [4.69, 9.17) is 10.2 Å². The third-order valence-corrected chi connectivity index (χ3v) is 3.43. The molecule has 0 spiro atoms. The van der Waals surface area contributed by atoms with Gasteiger partial charge in [-0.25, -0.2) is 0 Å². The molecule has 0 saturated carbocycles. The predicted octanol–water partition coefficient (Wildman–Crippen LogP) is 3.26. The largest absolute Gasteiger partial charge is 0.469 e. The molecule has 0 aromatic carbocycles. The fourth-order valence-corrected chi connectivity index (χ4v) is 2.46. The molecule has 2 nitrogen and oxygen atoms in total. The van der Waals surface area contributed by atoms with Crippen molar-refractivity contribution in [2.24, 2.45) is 5.73 Å². The summed E-state index contributed by atoms with van der Waals surface area (Å²) in [7, 11) is 0. The van der Waals surface area contributed by atoms with Crippen molar-refractivity contribution in [1.29, 1.82) is 0 Å². The van der Waals surface area contributed by atoms with Crippen LogP contribution >= 0.6 is 11.3 Å². The minimum absolute atomic E-state index is 0.0522. The van der Waals surface area contributed by atoms with E-state index in [9.17, 15) is 0 Å². The SMILES string of the molecule is CCc1occc1C(N)c1csc(C)c1. The first-order valence-electron chi connectivity index (χ1n) is 5.09. The molecule has 0 saturated heterocycles. The summed E-state index contributed by atoms with van der Waals surface area (Å²) in [5.41, 5.74) is 8.48. The maximum absolute atomic E-state index is 6.20. The molecule has 15 heavy (non-hydrogen) atoms. The third-order valence-electron chi connectivity index (χ3n) is 2.55. The highest BCUT2D eigenvalue weighted by Crippen LogP contribution is 2.27. The second-order valence-electron chi connectivity index (χ2n) is 3.62. The molecule has 0 bridgehead atoms. The number of hydrogen-bond donors (Lipinski definition) is 1. The summed E-state index contributed by atoms with van der Waals surface area (Å²) in [4.78, 5) is 1.29. The average Bonchev–Trinajstić information content (AvgIpc) is 2.84. The van der Waals surface area contributed by atoms with Gasteiger partial charge in [-0.1, -0.05) is 6.92 Å². The first kappa shape index (κ1) is 10.5. The standard InChI is InChI=1S/C12H15NOS/c1-3-11-10(4-5-14-11)12(13)9-6-8(2)15-7-9/h4-7,12H,3,13H2,1-2H3. The van der Waals surface area contributed by atoms with Crippen molar-refractivity contribution in [1.82, 2.24) is 0 Å². The molecule has 2 aromatic rings. The van der Waals surface area contributed by atoms with Crippen molar-refractivity contribution >= 4 is 11.3 Å². The Balaban J connectivity index is 2.31. The van der Waals surface area contributed by atoms with Gasteiger partial charge >= 0.3 is 0 Å². The van der Waals surface area contributed by atoms with Gasteiger partial charge in [-0.2, -0.15) is 0 Å². The summed E-state index contributed by atoms with van der Waals surface area (Å²) in [6.07, 6.45) is 2.60. The van der Waals surface area contributed by atoms with Crippen LogP contribution in [0.3, 0.4) is 0 Å². The topological polar surface area (TPSA) is 39.2 Å². The van der Waals surface area contributed by atoms with E-state index in [0.29, 0.717) is 0 Å². The summed E-state index contributed by atoms with van der Waals surface area (Å²) in [6.45, 7) is 4.17. The average molecular weight is 221 g/mol. The fraction of sp³-hybridized carbons (Fsp3) is 0.333. The molecule has 1 atom stereocenters. The Morgan fingerprint density at radius 1 is 1.53 bits per heavy atom. The van der Waals surface area contributed by atoms with Gasteiger partial charge in [-0.15, -0.1) is 11.3 Å². The minimum Gasteiger partial charge on any atom is -0.469 e. The summed E-state index contributed by atoms with van der Waals surface area (Å²) in [5, 5.41) is 2.12. The van der Waals surface area contributed by atoms with Crippen molar-refractivity contribution in [3.8, 4) is 0 Å². The van der Waals surface area contributed by atoms with Gasteiger partial charge < -0.3 is 10.2 Å². The monoisotopic (exact) mass is 221 g/mol. The lowest BCUT2D eigenvalue weighted by molar-refractivity contribution is 0.509. The van der Waals surface area contributed by atoms with Crippen LogP contribution in [-0.4, -0.2) is 0 Å². The molecule has 80 valence electrons. The van der Waals surface area contributed by atoms with Crippen molar-refractivity contribution < 1.29 is 4.42 Å². The number of hydrogen-bond acceptors (Lipinski definition) is 3. The van der Waals surface area contributed by atoms with Crippen molar-refractivity contribution in [2.75, 3.05) is 0 Å². The van der Waals surface area contributed by atoms with Gasteiger partial charge in [-0.3, -0.25) is 0 Å². The van der Waals surface area contributed by atoms with E-state index < -0.39 is 0 Å². The van der Waals surface area contributed by atoms with E-state index in [0.717, 1.165) is 17.7 Å². The normalized spacial score (nSPS) is 13.0. The van der Waals surface area contributed by atoms with Gasteiger partial charge in [0.1, 0.15) is 5.76 Å². The zero-order valence-electron chi connectivity index (χ0n) is 8.99. The first-order chi connectivity index (χ1) is 7.22. The van der Waals surface area contributed by atoms with Crippen LogP contribution < -0.4 is 5.73 Å². The summed E-state index contributed by atoms with van der Waals surface area (Å²) < 4.78 is 5.39. The first-order valence-corrected chi connectivity index (χ1v) is 5.97. The lowest BCUT2D eigenvalue weighted by Gasteiger charge is -2.09. The zero-order valence-corrected chi connectivity index (χ0v) is 9.80. The second kappa shape index (κ2) is 4.21. The Kier molecular flexibility index (Phi) is 2.93. The van der Waals surface area contributed by atoms with Crippen molar-refractivity contribution in [3.63, 3.8) is 0 Å². The highest BCUT2D eigenvalue weighted by atomic mass is 32.1. The number of thiophene rings is 1. The number of rotatable bonds is 3. The van der Waals surface area contributed by atoms with Gasteiger partial charge in [0.2, 0.25) is 0 Å². The molecule has 0 aliphatic heterocycles. The second-order valence-corrected chi connectivity index (χ2v) is 4.74. The van der Waals surface area contributed by atoms with E-state index in [2.05, 4.69) is 25.3 Å². The van der Waals surface area contributed by atoms with Gasteiger partial charge in [0.25, 0.3) is 0 Å². The fourth-order valence-electron chi connectivity index (χ4n) is 1.72. The molecular formula is C12H15NOS. The minimum atomic E-state index is -0.0522. The van der Waals surface area contributed by atoms with Crippen LogP contribution in [0.2, 0.25) is 0 Å². The molecule has 0 aliphatic carbocycles. The molecule has 2 heterocycles. The highest BCUT2D eigenvalue weighted by molar-refractivity contribution is 7.10. The van der Waals surface area contributed by atoms with Crippen LogP contribution in [0.25, 0.3) is 0 Å². The molecule has 2 N–H and O–H groups in total. The van der Waals surface area contributed by atoms with E-state index in [1.165, 1.54) is 10.4 Å². The Labute approximate surface area is 93.7 Å². The van der Waals surface area contributed by atoms with Gasteiger partial charge in [0.15, 0.2) is 0 Å². The summed E-state index contributed by atoms with van der Waals surface area (Å²) in [6, 6.07) is 4.06. The van der Waals surface area contributed by atoms with Crippen molar-refractivity contribution in [3.05, 3.63) is 45.5 Å². The smallest absolute Gasteiger partial charge is 0.108 e. The molecule has 0 radical (unpaired) electrons. The highest BCUT2D eigenvalue weighted by Gasteiger charge is 2.15. The zero-order chi connectivity index (χ0) is 10.8. The Morgan fingerprint density at radius 3 is 2.93 bits per heavy atom. The van der Waals surface area contributed by atoms with Crippen LogP contribution in [0.15, 0.2) is 28.2 Å². The maximum Gasteiger partial charge on any atom is 0.108 e. The molecule has 2 rings (SSSR count). The predicted molar refractivity (Wildman–Crippen MR) is 63.2 cm³/mol. The van der Waals surface area contributed by atoms with Crippen LogP contribution in [-0.2, 0) is 6.42 Å². The number of nitrogens with two attached hydrogens (primary N) is 1. The molecule has 0 aliphatic rings. The molecular weight excluding hydrogens is 206 g/mol. The Bertz CT molecular complexity index is 444. The molecule has 0 fully saturated rings. The van der Waals surface area contributed by atoms with E-state index in [1.807, 2.05) is 6.07 Å². The number of furan rings is 1. The van der Waals surface area contributed by atoms with Gasteiger partial charge in [0, 0.05) is 16.9 Å². The molecule has 0 amide bonds. The molecule has 3 heteroatoms. The Hall–Kier alpha value is -1.06. The van der Waals surface area contributed by atoms with E-state index >= 15 is 0 Å². The van der Waals surface area contributed by atoms with Gasteiger partial charge in [0.05, 0.1) is 12.3 Å². The van der Waals surface area contributed by atoms with E-state index in [1.54, 1.807) is 17.6 Å². The Morgan fingerprint density at radius 2 is 2.33 bits per heavy atom. The van der Waals surface area contributed by atoms with Crippen LogP contribution in [0, 0.1) is 6.92 Å². The number of aryl methyl sites for hydroxylation is 2. The van der Waals surface area contributed by atoms with Gasteiger partial charge in [-0.05, 0) is 30.0 Å². The van der Waals surface area contributed by atoms with Crippen LogP contribution in [0.5, 0.6) is 0 Å². The van der Waals surface area contributed by atoms with Crippen LogP contribution in [0.4, 0.5) is 0 Å².